The lowest BCUT2D eigenvalue weighted by Crippen LogP contribution is -2.53. The highest BCUT2D eigenvalue weighted by Crippen LogP contribution is 2.32. The summed E-state index contributed by atoms with van der Waals surface area (Å²) in [5, 5.41) is 3.04. The molecule has 0 aliphatic rings. The molecule has 0 unspecified atom stereocenters. The van der Waals surface area contributed by atoms with Crippen molar-refractivity contribution in [1.82, 2.24) is 10.2 Å². The van der Waals surface area contributed by atoms with E-state index in [9.17, 15) is 18.0 Å². The maximum Gasteiger partial charge on any atom is 0.264 e. The Balaban J connectivity index is 2.00. The standard InChI is InChI=1S/C29H34ClN3O5S/c1-21(2)31-29(35)22(3)32(18-17-23-11-7-5-8-12-23)28(34)20-33(24-15-16-27(38-4)26(30)19-24)39(36,37)25-13-9-6-10-14-25/h5-16,19,21-22H,17-18,20H2,1-4H3,(H,31,35)/t22-/m0/s1. The number of carbonyl (C=O) groups excluding carboxylic acids is 2. The summed E-state index contributed by atoms with van der Waals surface area (Å²) in [4.78, 5) is 28.2. The minimum atomic E-state index is -4.17. The van der Waals surface area contributed by atoms with Crippen LogP contribution in [0.25, 0.3) is 0 Å². The third-order valence-corrected chi connectivity index (χ3v) is 8.20. The molecule has 3 aromatic carbocycles. The summed E-state index contributed by atoms with van der Waals surface area (Å²) in [5.41, 5.74) is 1.18. The maximum absolute atomic E-state index is 13.8. The minimum absolute atomic E-state index is 0.0196. The predicted octanol–water partition coefficient (Wildman–Crippen LogP) is 4.53. The Morgan fingerprint density at radius 3 is 2.13 bits per heavy atom. The number of nitrogens with one attached hydrogen (secondary N) is 1. The van der Waals surface area contributed by atoms with E-state index in [1.54, 1.807) is 31.2 Å². The SMILES string of the molecule is COc1ccc(N(CC(=O)N(CCc2ccccc2)[C@@H](C)C(=O)NC(C)C)S(=O)(=O)c2ccccc2)cc1Cl. The van der Waals surface area contributed by atoms with Gasteiger partial charge in [-0.15, -0.1) is 0 Å². The van der Waals surface area contributed by atoms with Crippen molar-refractivity contribution < 1.29 is 22.7 Å². The van der Waals surface area contributed by atoms with Crippen LogP contribution >= 0.6 is 11.6 Å². The van der Waals surface area contributed by atoms with Gasteiger partial charge in [0.15, 0.2) is 0 Å². The molecule has 2 amide bonds. The van der Waals surface area contributed by atoms with Crippen LogP contribution in [0.1, 0.15) is 26.3 Å². The van der Waals surface area contributed by atoms with Crippen molar-refractivity contribution >= 4 is 39.1 Å². The van der Waals surface area contributed by atoms with E-state index in [-0.39, 0.29) is 34.1 Å². The fourth-order valence-electron chi connectivity index (χ4n) is 4.03. The molecular weight excluding hydrogens is 538 g/mol. The molecule has 0 aromatic heterocycles. The molecule has 0 heterocycles. The molecule has 0 saturated heterocycles. The second-order valence-corrected chi connectivity index (χ2v) is 11.6. The van der Waals surface area contributed by atoms with E-state index in [0.29, 0.717) is 12.2 Å². The molecule has 8 nitrogen and oxygen atoms in total. The molecule has 0 bridgehead atoms. The molecule has 1 atom stereocenters. The van der Waals surface area contributed by atoms with Crippen LogP contribution in [0.5, 0.6) is 5.75 Å². The number of anilines is 1. The molecule has 0 fully saturated rings. The van der Waals surface area contributed by atoms with Gasteiger partial charge in [-0.05, 0) is 63.1 Å². The summed E-state index contributed by atoms with van der Waals surface area (Å²) in [5.74, 6) is -0.479. The predicted molar refractivity (Wildman–Crippen MR) is 154 cm³/mol. The number of hydrogen-bond acceptors (Lipinski definition) is 5. The molecule has 1 N–H and O–H groups in total. The molecule has 0 radical (unpaired) electrons. The third-order valence-electron chi connectivity index (χ3n) is 6.12. The fraction of sp³-hybridized carbons (Fsp3) is 0.310. The fourth-order valence-corrected chi connectivity index (χ4v) is 5.71. The lowest BCUT2D eigenvalue weighted by Gasteiger charge is -2.32. The van der Waals surface area contributed by atoms with Crippen LogP contribution in [0.3, 0.4) is 0 Å². The number of halogens is 1. The lowest BCUT2D eigenvalue weighted by molar-refractivity contribution is -0.139. The summed E-state index contributed by atoms with van der Waals surface area (Å²) in [6.45, 7) is 5.00. The van der Waals surface area contributed by atoms with Crippen molar-refractivity contribution in [2.24, 2.45) is 0 Å². The van der Waals surface area contributed by atoms with Gasteiger partial charge in [0.05, 0.1) is 22.7 Å². The van der Waals surface area contributed by atoms with Gasteiger partial charge in [-0.1, -0.05) is 60.1 Å². The van der Waals surface area contributed by atoms with Crippen molar-refractivity contribution in [3.8, 4) is 5.75 Å². The van der Waals surface area contributed by atoms with E-state index >= 15 is 0 Å². The summed E-state index contributed by atoms with van der Waals surface area (Å²) >= 11 is 6.33. The monoisotopic (exact) mass is 571 g/mol. The number of benzene rings is 3. The van der Waals surface area contributed by atoms with Gasteiger partial charge in [0, 0.05) is 12.6 Å². The van der Waals surface area contributed by atoms with Gasteiger partial charge in [0.2, 0.25) is 11.8 Å². The van der Waals surface area contributed by atoms with Crippen LogP contribution < -0.4 is 14.4 Å². The number of rotatable bonds is 12. The van der Waals surface area contributed by atoms with Crippen molar-refractivity contribution in [1.29, 1.82) is 0 Å². The van der Waals surface area contributed by atoms with Crippen molar-refractivity contribution in [2.45, 2.75) is 44.2 Å². The van der Waals surface area contributed by atoms with Crippen LogP contribution in [-0.4, -0.2) is 57.4 Å². The van der Waals surface area contributed by atoms with Crippen molar-refractivity contribution in [3.63, 3.8) is 0 Å². The van der Waals surface area contributed by atoms with Gasteiger partial charge < -0.3 is 15.0 Å². The van der Waals surface area contributed by atoms with Gasteiger partial charge >= 0.3 is 0 Å². The molecule has 39 heavy (non-hydrogen) atoms. The van der Waals surface area contributed by atoms with Crippen molar-refractivity contribution in [2.75, 3.05) is 24.5 Å². The summed E-state index contributed by atoms with van der Waals surface area (Å²) < 4.78 is 33.8. The van der Waals surface area contributed by atoms with E-state index in [1.165, 1.54) is 36.3 Å². The Morgan fingerprint density at radius 2 is 1.56 bits per heavy atom. The maximum atomic E-state index is 13.8. The van der Waals surface area contributed by atoms with E-state index in [1.807, 2.05) is 44.2 Å². The number of sulfonamides is 1. The van der Waals surface area contributed by atoms with Gasteiger partial charge in [0.25, 0.3) is 10.0 Å². The number of nitrogens with zero attached hydrogens (tertiary/aromatic N) is 2. The number of carbonyl (C=O) groups is 2. The summed E-state index contributed by atoms with van der Waals surface area (Å²) in [6, 6.07) is 21.0. The first-order valence-electron chi connectivity index (χ1n) is 12.6. The zero-order valence-corrected chi connectivity index (χ0v) is 24.1. The quantitative estimate of drug-likeness (QED) is 0.345. The first-order chi connectivity index (χ1) is 18.5. The molecule has 0 aliphatic carbocycles. The van der Waals surface area contributed by atoms with E-state index in [2.05, 4.69) is 5.32 Å². The summed E-state index contributed by atoms with van der Waals surface area (Å²) in [6.07, 6.45) is 0.492. The average Bonchev–Trinajstić information content (AvgIpc) is 2.92. The first kappa shape index (κ1) is 30.0. The zero-order chi connectivity index (χ0) is 28.6. The normalized spacial score (nSPS) is 12.1. The number of ether oxygens (including phenoxy) is 1. The molecule has 0 saturated carbocycles. The van der Waals surface area contributed by atoms with Gasteiger partial charge in [-0.25, -0.2) is 8.42 Å². The number of hydrogen-bond donors (Lipinski definition) is 1. The van der Waals surface area contributed by atoms with Crippen molar-refractivity contribution in [3.05, 3.63) is 89.4 Å². The molecule has 0 aliphatic heterocycles. The average molecular weight is 572 g/mol. The van der Waals surface area contributed by atoms with Crippen LogP contribution in [0.15, 0.2) is 83.8 Å². The topological polar surface area (TPSA) is 96.0 Å². The number of amides is 2. The van der Waals surface area contributed by atoms with E-state index in [0.717, 1.165) is 9.87 Å². The molecular formula is C29H34ClN3O5S. The van der Waals surface area contributed by atoms with Crippen LogP contribution in [0, 0.1) is 0 Å². The Morgan fingerprint density at radius 1 is 0.949 bits per heavy atom. The second-order valence-electron chi connectivity index (χ2n) is 9.31. The largest absolute Gasteiger partial charge is 0.495 e. The van der Waals surface area contributed by atoms with Gasteiger partial charge in [-0.3, -0.25) is 13.9 Å². The Hall–Kier alpha value is -3.56. The molecule has 3 aromatic rings. The third kappa shape index (κ3) is 7.74. The lowest BCUT2D eigenvalue weighted by atomic mass is 10.1. The first-order valence-corrected chi connectivity index (χ1v) is 14.4. The Kier molecular flexibility index (Phi) is 10.4. The molecule has 208 valence electrons. The van der Waals surface area contributed by atoms with Crippen LogP contribution in [-0.2, 0) is 26.0 Å². The van der Waals surface area contributed by atoms with Gasteiger partial charge in [-0.2, -0.15) is 0 Å². The van der Waals surface area contributed by atoms with Crippen LogP contribution in [0.4, 0.5) is 5.69 Å². The highest BCUT2D eigenvalue weighted by molar-refractivity contribution is 7.92. The Bertz CT molecular complexity index is 1370. The highest BCUT2D eigenvalue weighted by Gasteiger charge is 2.32. The highest BCUT2D eigenvalue weighted by atomic mass is 35.5. The zero-order valence-electron chi connectivity index (χ0n) is 22.5. The minimum Gasteiger partial charge on any atom is -0.495 e. The molecule has 0 spiro atoms. The van der Waals surface area contributed by atoms with Crippen LogP contribution in [0.2, 0.25) is 5.02 Å². The summed E-state index contributed by atoms with van der Waals surface area (Å²) in [7, 11) is -2.71. The van der Waals surface area contributed by atoms with E-state index in [4.69, 9.17) is 16.3 Å². The van der Waals surface area contributed by atoms with Gasteiger partial charge in [0.1, 0.15) is 18.3 Å². The smallest absolute Gasteiger partial charge is 0.264 e. The number of methoxy groups -OCH3 is 1. The molecule has 10 heteroatoms. The van der Waals surface area contributed by atoms with E-state index < -0.39 is 28.5 Å². The Labute approximate surface area is 235 Å². The molecule has 3 rings (SSSR count). The second kappa shape index (κ2) is 13.5.